The van der Waals surface area contributed by atoms with Crippen LogP contribution in [0.3, 0.4) is 0 Å². The van der Waals surface area contributed by atoms with Crippen LogP contribution in [0.1, 0.15) is 56.7 Å². The molecule has 100 valence electrons. The second kappa shape index (κ2) is 5.75. The molecule has 0 saturated heterocycles. The Kier molecular flexibility index (Phi) is 4.28. The number of nitrogens with one attached hydrogen (secondary N) is 1. The van der Waals surface area contributed by atoms with Gasteiger partial charge in [-0.1, -0.05) is 30.5 Å². The van der Waals surface area contributed by atoms with E-state index >= 15 is 0 Å². The first kappa shape index (κ1) is 13.4. The highest BCUT2D eigenvalue weighted by Crippen LogP contribution is 2.30. The molecule has 1 saturated carbocycles. The van der Waals surface area contributed by atoms with Gasteiger partial charge in [0.2, 0.25) is 0 Å². The minimum Gasteiger partial charge on any atom is -0.508 e. The molecule has 0 amide bonds. The highest BCUT2D eigenvalue weighted by molar-refractivity contribution is 5.37. The van der Waals surface area contributed by atoms with Crippen LogP contribution < -0.4 is 5.32 Å². The summed E-state index contributed by atoms with van der Waals surface area (Å²) in [4.78, 5) is 0. The molecular weight excluding hydrogens is 222 g/mol. The quantitative estimate of drug-likeness (QED) is 0.845. The monoisotopic (exact) mass is 247 g/mol. The second-order valence-electron chi connectivity index (χ2n) is 5.78. The molecule has 2 heteroatoms. The summed E-state index contributed by atoms with van der Waals surface area (Å²) in [5, 5.41) is 13.6. The van der Waals surface area contributed by atoms with E-state index in [4.69, 9.17) is 0 Å². The number of rotatable bonds is 4. The average Bonchev–Trinajstić information content (AvgIpc) is 2.85. The summed E-state index contributed by atoms with van der Waals surface area (Å²) in [6.45, 7) is 6.48. The minimum absolute atomic E-state index is 0.209. The first-order chi connectivity index (χ1) is 8.58. The van der Waals surface area contributed by atoms with Crippen LogP contribution in [0.5, 0.6) is 5.75 Å². The number of hydrogen-bond donors (Lipinski definition) is 2. The molecule has 1 fully saturated rings. The number of benzene rings is 1. The van der Waals surface area contributed by atoms with E-state index in [-0.39, 0.29) is 6.04 Å². The number of aromatic hydroxyl groups is 1. The summed E-state index contributed by atoms with van der Waals surface area (Å²) < 4.78 is 0. The standard InChI is InChI=1S/C16H25NO/c1-11-8-9-16(18)15(10-11)13(3)17-12(2)14-6-4-5-7-14/h8-10,12-14,17-18H,4-7H2,1-3H3/t12-,13?/m0/s1. The van der Waals surface area contributed by atoms with Crippen molar-refractivity contribution in [1.82, 2.24) is 5.32 Å². The molecule has 0 radical (unpaired) electrons. The molecule has 1 aromatic carbocycles. The summed E-state index contributed by atoms with van der Waals surface area (Å²) in [5.41, 5.74) is 2.21. The Hall–Kier alpha value is -1.02. The first-order valence-corrected chi connectivity index (χ1v) is 7.13. The Morgan fingerprint density at radius 3 is 2.56 bits per heavy atom. The summed E-state index contributed by atoms with van der Waals surface area (Å²) in [6, 6.07) is 6.56. The van der Waals surface area contributed by atoms with Gasteiger partial charge in [-0.15, -0.1) is 0 Å². The largest absolute Gasteiger partial charge is 0.508 e. The summed E-state index contributed by atoms with van der Waals surface area (Å²) >= 11 is 0. The van der Waals surface area contributed by atoms with Crippen molar-refractivity contribution in [3.05, 3.63) is 29.3 Å². The molecule has 18 heavy (non-hydrogen) atoms. The number of aryl methyl sites for hydroxylation is 1. The van der Waals surface area contributed by atoms with E-state index in [2.05, 4.69) is 32.2 Å². The van der Waals surface area contributed by atoms with Crippen molar-refractivity contribution in [2.45, 2.75) is 58.5 Å². The Labute approximate surface area is 110 Å². The zero-order valence-corrected chi connectivity index (χ0v) is 11.7. The van der Waals surface area contributed by atoms with Crippen LogP contribution in [0.2, 0.25) is 0 Å². The zero-order chi connectivity index (χ0) is 13.1. The maximum Gasteiger partial charge on any atom is 0.120 e. The molecule has 0 aliphatic heterocycles. The van der Waals surface area contributed by atoms with E-state index < -0.39 is 0 Å². The molecular formula is C16H25NO. The zero-order valence-electron chi connectivity index (χ0n) is 11.7. The normalized spacial score (nSPS) is 19.9. The van der Waals surface area contributed by atoms with Crippen LogP contribution in [0.15, 0.2) is 18.2 Å². The van der Waals surface area contributed by atoms with Crippen LogP contribution in [0.4, 0.5) is 0 Å². The maximum absolute atomic E-state index is 9.94. The predicted molar refractivity (Wildman–Crippen MR) is 75.8 cm³/mol. The Morgan fingerprint density at radius 1 is 1.22 bits per heavy atom. The minimum atomic E-state index is 0.209. The van der Waals surface area contributed by atoms with Gasteiger partial charge < -0.3 is 10.4 Å². The summed E-state index contributed by atoms with van der Waals surface area (Å²) in [6.07, 6.45) is 5.45. The smallest absolute Gasteiger partial charge is 0.120 e. The van der Waals surface area contributed by atoms with Gasteiger partial charge in [0.15, 0.2) is 0 Å². The van der Waals surface area contributed by atoms with Crippen molar-refractivity contribution in [3.63, 3.8) is 0 Å². The molecule has 0 aromatic heterocycles. The third-order valence-electron chi connectivity index (χ3n) is 4.27. The van der Waals surface area contributed by atoms with E-state index in [1.54, 1.807) is 6.07 Å². The van der Waals surface area contributed by atoms with Gasteiger partial charge in [-0.3, -0.25) is 0 Å². The van der Waals surface area contributed by atoms with Crippen LogP contribution in [-0.2, 0) is 0 Å². The van der Waals surface area contributed by atoms with Gasteiger partial charge >= 0.3 is 0 Å². The SMILES string of the molecule is Cc1ccc(O)c(C(C)N[C@@H](C)C2CCCC2)c1. The van der Waals surface area contributed by atoms with Crippen LogP contribution in [-0.4, -0.2) is 11.1 Å². The van der Waals surface area contributed by atoms with Crippen molar-refractivity contribution in [2.24, 2.45) is 5.92 Å². The van der Waals surface area contributed by atoms with E-state index in [1.165, 1.54) is 31.2 Å². The lowest BCUT2D eigenvalue weighted by atomic mass is 9.97. The van der Waals surface area contributed by atoms with E-state index in [9.17, 15) is 5.11 Å². The molecule has 0 heterocycles. The summed E-state index contributed by atoms with van der Waals surface area (Å²) in [5.74, 6) is 1.21. The number of phenols is 1. The first-order valence-electron chi connectivity index (χ1n) is 7.13. The van der Waals surface area contributed by atoms with Gasteiger partial charge in [0.1, 0.15) is 5.75 Å². The number of hydrogen-bond acceptors (Lipinski definition) is 2. The second-order valence-corrected chi connectivity index (χ2v) is 5.78. The van der Waals surface area contributed by atoms with Crippen molar-refractivity contribution in [3.8, 4) is 5.75 Å². The Bertz CT molecular complexity index is 396. The molecule has 1 aliphatic carbocycles. The lowest BCUT2D eigenvalue weighted by Crippen LogP contribution is -2.34. The van der Waals surface area contributed by atoms with Crippen molar-refractivity contribution < 1.29 is 5.11 Å². The van der Waals surface area contributed by atoms with Gasteiger partial charge in [-0.05, 0) is 45.6 Å². The fourth-order valence-electron chi connectivity index (χ4n) is 3.10. The molecule has 1 aromatic rings. The topological polar surface area (TPSA) is 32.3 Å². The maximum atomic E-state index is 9.94. The molecule has 2 nitrogen and oxygen atoms in total. The van der Waals surface area contributed by atoms with Gasteiger partial charge in [0.25, 0.3) is 0 Å². The molecule has 1 aliphatic rings. The molecule has 0 bridgehead atoms. The van der Waals surface area contributed by atoms with E-state index in [0.717, 1.165) is 11.5 Å². The fourth-order valence-corrected chi connectivity index (χ4v) is 3.10. The van der Waals surface area contributed by atoms with Crippen molar-refractivity contribution in [1.29, 1.82) is 0 Å². The average molecular weight is 247 g/mol. The van der Waals surface area contributed by atoms with Gasteiger partial charge in [0.05, 0.1) is 0 Å². The van der Waals surface area contributed by atoms with E-state index in [1.807, 2.05) is 6.07 Å². The highest BCUT2D eigenvalue weighted by Gasteiger charge is 2.23. The van der Waals surface area contributed by atoms with Crippen molar-refractivity contribution >= 4 is 0 Å². The van der Waals surface area contributed by atoms with Crippen LogP contribution in [0.25, 0.3) is 0 Å². The van der Waals surface area contributed by atoms with Gasteiger partial charge in [-0.25, -0.2) is 0 Å². The summed E-state index contributed by atoms with van der Waals surface area (Å²) in [7, 11) is 0. The van der Waals surface area contributed by atoms with Gasteiger partial charge in [0, 0.05) is 17.6 Å². The van der Waals surface area contributed by atoms with Gasteiger partial charge in [-0.2, -0.15) is 0 Å². The third kappa shape index (κ3) is 3.05. The van der Waals surface area contributed by atoms with Crippen LogP contribution >= 0.6 is 0 Å². The van der Waals surface area contributed by atoms with Crippen molar-refractivity contribution in [2.75, 3.05) is 0 Å². The lowest BCUT2D eigenvalue weighted by molar-refractivity contribution is 0.347. The predicted octanol–water partition coefficient (Wildman–Crippen LogP) is 3.93. The number of phenolic OH excluding ortho intramolecular Hbond substituents is 1. The van der Waals surface area contributed by atoms with E-state index in [0.29, 0.717) is 11.8 Å². The molecule has 2 atom stereocenters. The highest BCUT2D eigenvalue weighted by atomic mass is 16.3. The Morgan fingerprint density at radius 2 is 1.89 bits per heavy atom. The van der Waals surface area contributed by atoms with Crippen LogP contribution in [0, 0.1) is 12.8 Å². The third-order valence-corrected chi connectivity index (χ3v) is 4.27. The molecule has 0 spiro atoms. The molecule has 1 unspecified atom stereocenters. The molecule has 2 N–H and O–H groups in total. The lowest BCUT2D eigenvalue weighted by Gasteiger charge is -2.25. The Balaban J connectivity index is 2.02. The molecule has 2 rings (SSSR count). The fraction of sp³-hybridized carbons (Fsp3) is 0.625.